The number of imidazole rings is 1. The first-order valence-electron chi connectivity index (χ1n) is 11.9. The van der Waals surface area contributed by atoms with Gasteiger partial charge in [0.2, 0.25) is 0 Å². The molecule has 14 heteroatoms. The van der Waals surface area contributed by atoms with Gasteiger partial charge in [-0.15, -0.1) is 0 Å². The van der Waals surface area contributed by atoms with Crippen LogP contribution >= 0.6 is 20.0 Å². The molecule has 4 rings (SSSR count). The van der Waals surface area contributed by atoms with Crippen LogP contribution in [-0.4, -0.2) is 50.3 Å². The number of H-pyrrole nitrogens is 1. The Morgan fingerprint density at radius 3 is 2.78 bits per heavy atom. The largest absolute Gasteiger partial charge is 0.462 e. The summed E-state index contributed by atoms with van der Waals surface area (Å²) < 4.78 is 38.8. The zero-order valence-corrected chi connectivity index (χ0v) is 22.7. The number of carbonyl (C=O) groups is 1. The van der Waals surface area contributed by atoms with Crippen molar-refractivity contribution in [1.82, 2.24) is 24.6 Å². The third-order valence-corrected chi connectivity index (χ3v) is 7.68. The minimum atomic E-state index is -4.00. The van der Waals surface area contributed by atoms with Crippen molar-refractivity contribution in [2.45, 2.75) is 58.6 Å². The van der Waals surface area contributed by atoms with Gasteiger partial charge in [0.05, 0.1) is 25.1 Å². The van der Waals surface area contributed by atoms with Crippen molar-refractivity contribution in [3.05, 3.63) is 41.3 Å². The summed E-state index contributed by atoms with van der Waals surface area (Å²) in [5.41, 5.74) is 6.96. The van der Waals surface area contributed by atoms with E-state index in [1.807, 2.05) is 11.5 Å². The highest BCUT2D eigenvalue weighted by Gasteiger charge is 2.38. The Morgan fingerprint density at radius 2 is 2.08 bits per heavy atom. The summed E-state index contributed by atoms with van der Waals surface area (Å²) in [6.45, 7) is 6.96. The number of nitrogen functional groups attached to an aromatic ring is 1. The maximum atomic E-state index is 13.7. The number of hydrogen-bond donors (Lipinski definition) is 3. The fourth-order valence-corrected chi connectivity index (χ4v) is 5.67. The van der Waals surface area contributed by atoms with Crippen molar-refractivity contribution in [1.29, 1.82) is 0 Å². The molecule has 200 valence electrons. The van der Waals surface area contributed by atoms with Crippen LogP contribution in [0, 0.1) is 10.6 Å². The number of hydrogen-bond acceptors (Lipinski definition) is 10. The second-order valence-electron chi connectivity index (χ2n) is 9.15. The van der Waals surface area contributed by atoms with Crippen molar-refractivity contribution >= 4 is 43.0 Å². The third-order valence-electron chi connectivity index (χ3n) is 5.75. The molecule has 37 heavy (non-hydrogen) atoms. The highest BCUT2D eigenvalue weighted by Crippen LogP contribution is 2.46. The lowest BCUT2D eigenvalue weighted by Crippen LogP contribution is -2.37. The van der Waals surface area contributed by atoms with Crippen LogP contribution in [0.1, 0.15) is 40.3 Å². The number of nitrogens with two attached hydrogens (primary N) is 1. The summed E-state index contributed by atoms with van der Waals surface area (Å²) in [7, 11) is -4.00. The van der Waals surface area contributed by atoms with Gasteiger partial charge in [0.15, 0.2) is 10.6 Å². The summed E-state index contributed by atoms with van der Waals surface area (Å²) in [4.78, 5) is 23.7. The number of esters is 1. The maximum Gasteiger partial charge on any atom is 0.459 e. The molecule has 4 N–H and O–H groups in total. The maximum absolute atomic E-state index is 13.7. The second-order valence-corrected chi connectivity index (χ2v) is 11.2. The van der Waals surface area contributed by atoms with Gasteiger partial charge < -0.3 is 24.7 Å². The van der Waals surface area contributed by atoms with E-state index in [-0.39, 0.29) is 30.8 Å². The van der Waals surface area contributed by atoms with Crippen molar-refractivity contribution in [2.75, 3.05) is 12.3 Å². The van der Waals surface area contributed by atoms with Crippen LogP contribution in [-0.2, 0) is 23.4 Å². The Morgan fingerprint density at radius 1 is 1.35 bits per heavy atom. The molecule has 0 saturated carbocycles. The zero-order chi connectivity index (χ0) is 26.7. The molecule has 3 heterocycles. The Balaban J connectivity index is 1.48. The van der Waals surface area contributed by atoms with Crippen LogP contribution in [0.4, 0.5) is 5.95 Å². The molecule has 1 unspecified atom stereocenters. The molecule has 0 bridgehead atoms. The lowest BCUT2D eigenvalue weighted by atomic mass is 10.0. The quantitative estimate of drug-likeness (QED) is 0.189. The number of nitrogens with zero attached hydrogens (tertiary/aromatic N) is 3. The SMILES string of the molecule is CC(C)OC(=O)[C@H](C)NP(=O)(OC[C@H]1O[C@@H](n2cnc3c(=S)nc(N)[nH]c32)C[C@@H]1C)Oc1ccccc1. The molecule has 0 spiro atoms. The highest BCUT2D eigenvalue weighted by molar-refractivity contribution is 7.71. The van der Waals surface area contributed by atoms with Gasteiger partial charge in [-0.1, -0.05) is 37.3 Å². The fraction of sp³-hybridized carbons (Fsp3) is 0.478. The first-order chi connectivity index (χ1) is 17.5. The first kappa shape index (κ1) is 27.2. The molecular weight excluding hydrogens is 519 g/mol. The van der Waals surface area contributed by atoms with Crippen molar-refractivity contribution in [3.63, 3.8) is 0 Å². The Hall–Kier alpha value is -2.83. The van der Waals surface area contributed by atoms with Crippen LogP contribution < -0.4 is 15.3 Å². The number of para-hydroxylation sites is 1. The fourth-order valence-electron chi connectivity index (χ4n) is 3.92. The van der Waals surface area contributed by atoms with Gasteiger partial charge >= 0.3 is 13.7 Å². The molecule has 2 aromatic heterocycles. The van der Waals surface area contributed by atoms with Crippen LogP contribution in [0.25, 0.3) is 11.2 Å². The lowest BCUT2D eigenvalue weighted by Gasteiger charge is -2.25. The number of nitrogens with one attached hydrogen (secondary N) is 2. The van der Waals surface area contributed by atoms with Crippen LogP contribution in [0.5, 0.6) is 5.75 Å². The summed E-state index contributed by atoms with van der Waals surface area (Å²) >= 11 is 5.25. The molecule has 1 aliphatic rings. The van der Waals surface area contributed by atoms with E-state index in [1.165, 1.54) is 6.92 Å². The van der Waals surface area contributed by atoms with Gasteiger partial charge in [0.25, 0.3) is 0 Å². The van der Waals surface area contributed by atoms with Crippen LogP contribution in [0.15, 0.2) is 36.7 Å². The number of carbonyl (C=O) groups excluding carboxylic acids is 1. The third kappa shape index (κ3) is 6.55. The predicted molar refractivity (Wildman–Crippen MR) is 139 cm³/mol. The van der Waals surface area contributed by atoms with E-state index in [4.69, 9.17) is 36.5 Å². The van der Waals surface area contributed by atoms with Crippen molar-refractivity contribution in [2.24, 2.45) is 5.92 Å². The normalized spacial score (nSPS) is 22.1. The Labute approximate surface area is 219 Å². The minimum absolute atomic E-state index is 0.0399. The average Bonchev–Trinajstić information content (AvgIpc) is 3.41. The van der Waals surface area contributed by atoms with E-state index in [9.17, 15) is 9.36 Å². The Kier molecular flexibility index (Phi) is 8.29. The highest BCUT2D eigenvalue weighted by atomic mass is 32.1. The van der Waals surface area contributed by atoms with E-state index in [1.54, 1.807) is 50.5 Å². The second kappa shape index (κ2) is 11.3. The number of fused-ring (bicyclic) bond motifs is 1. The molecular formula is C23H31N6O6PS. The van der Waals surface area contributed by atoms with E-state index in [0.717, 1.165) is 0 Å². The first-order valence-corrected chi connectivity index (χ1v) is 13.8. The molecule has 1 saturated heterocycles. The van der Waals surface area contributed by atoms with Gasteiger partial charge in [0.1, 0.15) is 29.2 Å². The van der Waals surface area contributed by atoms with Crippen molar-refractivity contribution in [3.8, 4) is 5.75 Å². The predicted octanol–water partition coefficient (Wildman–Crippen LogP) is 4.13. The van der Waals surface area contributed by atoms with Gasteiger partial charge in [-0.05, 0) is 45.2 Å². The molecule has 0 radical (unpaired) electrons. The molecule has 0 amide bonds. The monoisotopic (exact) mass is 550 g/mol. The van der Waals surface area contributed by atoms with Gasteiger partial charge in [-0.25, -0.2) is 14.5 Å². The van der Waals surface area contributed by atoms with Gasteiger partial charge in [0, 0.05) is 0 Å². The molecule has 5 atom stereocenters. The molecule has 1 aromatic carbocycles. The van der Waals surface area contributed by atoms with Crippen LogP contribution in [0.2, 0.25) is 0 Å². The molecule has 1 fully saturated rings. The zero-order valence-electron chi connectivity index (χ0n) is 21.0. The number of benzene rings is 1. The number of aromatic amines is 1. The van der Waals surface area contributed by atoms with E-state index in [2.05, 4.69) is 20.0 Å². The number of ether oxygens (including phenoxy) is 2. The summed E-state index contributed by atoms with van der Waals surface area (Å²) in [5, 5.41) is 2.69. The number of rotatable bonds is 10. The summed E-state index contributed by atoms with van der Waals surface area (Å²) in [5.74, 6) is -0.0232. The topological polar surface area (TPSA) is 156 Å². The number of anilines is 1. The van der Waals surface area contributed by atoms with E-state index in [0.29, 0.717) is 28.0 Å². The Bertz CT molecular complexity index is 1350. The van der Waals surface area contributed by atoms with Gasteiger partial charge in [-0.3, -0.25) is 13.9 Å². The van der Waals surface area contributed by atoms with E-state index < -0.39 is 25.9 Å². The average molecular weight is 551 g/mol. The molecule has 3 aromatic rings. The molecule has 1 aliphatic heterocycles. The van der Waals surface area contributed by atoms with E-state index >= 15 is 0 Å². The molecule has 0 aliphatic carbocycles. The standard InChI is InChI=1S/C23H31N6O6PS/c1-13(2)33-22(30)15(4)28-36(31,35-16-8-6-5-7-9-16)32-11-17-14(3)10-18(34-17)29-12-25-19-20(29)26-23(24)27-21(19)37/h5-9,12-15,17-18H,10-11H2,1-4H3,(H,28,31)(H3,24,26,27,37)/t14-,15-,17+,18+,36?/m0/s1. The summed E-state index contributed by atoms with van der Waals surface area (Å²) in [6.07, 6.45) is 1.12. The number of aromatic nitrogens is 4. The van der Waals surface area contributed by atoms with Gasteiger partial charge in [-0.2, -0.15) is 5.09 Å². The van der Waals surface area contributed by atoms with Crippen LogP contribution in [0.3, 0.4) is 0 Å². The summed E-state index contributed by atoms with van der Waals surface area (Å²) in [6, 6.07) is 7.64. The lowest BCUT2D eigenvalue weighted by molar-refractivity contribution is -0.149. The molecule has 12 nitrogen and oxygen atoms in total. The smallest absolute Gasteiger partial charge is 0.459 e. The minimum Gasteiger partial charge on any atom is -0.462 e. The van der Waals surface area contributed by atoms with Crippen molar-refractivity contribution < 1.29 is 27.9 Å².